The molecule has 0 heterocycles. The van der Waals surface area contributed by atoms with Gasteiger partial charge < -0.3 is 0 Å². The molecule has 1 aliphatic rings. The van der Waals surface area contributed by atoms with Gasteiger partial charge in [-0.2, -0.15) is 0 Å². The lowest BCUT2D eigenvalue weighted by atomic mass is 9.80. The molecular weight excluding hydrogens is 382 g/mol. The summed E-state index contributed by atoms with van der Waals surface area (Å²) in [6.07, 6.45) is 0. The molecule has 5 rings (SSSR count). The Morgan fingerprint density at radius 1 is 0.862 bits per heavy atom. The highest BCUT2D eigenvalue weighted by Crippen LogP contribution is 2.52. The third-order valence-corrected chi connectivity index (χ3v) is 6.24. The second-order valence-electron chi connectivity index (χ2n) is 8.01. The standard InChI is InChI=1S/C25H18ClNO2/c1-25(2)22-12-8-16(18-11-9-17(26)14-23(18)27(28)29)13-21(22)20-10-7-15-5-3-4-6-19(15)24(20)25/h3-14H,1-2H3. The zero-order valence-electron chi connectivity index (χ0n) is 16.1. The average molecular weight is 400 g/mol. The SMILES string of the molecule is CC1(C)c2ccc(-c3ccc(Cl)cc3[N+](=O)[O-])cc2-c2ccc3ccccc3c21. The van der Waals surface area contributed by atoms with Gasteiger partial charge in [0.25, 0.3) is 5.69 Å². The Kier molecular flexibility index (Phi) is 3.80. The Labute approximate surface area is 173 Å². The van der Waals surface area contributed by atoms with Crippen LogP contribution in [-0.2, 0) is 5.41 Å². The molecule has 4 heteroatoms. The van der Waals surface area contributed by atoms with E-state index in [2.05, 4.69) is 62.4 Å². The lowest BCUT2D eigenvalue weighted by Crippen LogP contribution is -2.15. The third kappa shape index (κ3) is 2.58. The highest BCUT2D eigenvalue weighted by molar-refractivity contribution is 6.31. The molecule has 0 radical (unpaired) electrons. The summed E-state index contributed by atoms with van der Waals surface area (Å²) in [5, 5.41) is 14.4. The zero-order chi connectivity index (χ0) is 20.3. The van der Waals surface area contributed by atoms with Crippen molar-refractivity contribution in [2.75, 3.05) is 0 Å². The molecule has 0 fully saturated rings. The van der Waals surface area contributed by atoms with Gasteiger partial charge in [-0.15, -0.1) is 0 Å². The van der Waals surface area contributed by atoms with Gasteiger partial charge in [-0.1, -0.05) is 74.0 Å². The van der Waals surface area contributed by atoms with Crippen LogP contribution >= 0.6 is 11.6 Å². The first-order chi connectivity index (χ1) is 13.9. The Morgan fingerprint density at radius 2 is 1.62 bits per heavy atom. The van der Waals surface area contributed by atoms with Crippen molar-refractivity contribution in [3.63, 3.8) is 0 Å². The maximum absolute atomic E-state index is 11.6. The summed E-state index contributed by atoms with van der Waals surface area (Å²) >= 11 is 6.00. The highest BCUT2D eigenvalue weighted by Gasteiger charge is 2.37. The first kappa shape index (κ1) is 17.9. The molecule has 0 spiro atoms. The van der Waals surface area contributed by atoms with E-state index >= 15 is 0 Å². The topological polar surface area (TPSA) is 43.1 Å². The molecule has 0 N–H and O–H groups in total. The molecule has 0 saturated carbocycles. The molecule has 0 bridgehead atoms. The second kappa shape index (κ2) is 6.16. The summed E-state index contributed by atoms with van der Waals surface area (Å²) in [7, 11) is 0. The van der Waals surface area contributed by atoms with Gasteiger partial charge in [0.15, 0.2) is 0 Å². The van der Waals surface area contributed by atoms with E-state index in [1.165, 1.54) is 33.5 Å². The van der Waals surface area contributed by atoms with Gasteiger partial charge in [0.05, 0.1) is 10.5 Å². The van der Waals surface area contributed by atoms with Crippen LogP contribution < -0.4 is 0 Å². The van der Waals surface area contributed by atoms with Crippen molar-refractivity contribution in [2.24, 2.45) is 0 Å². The van der Waals surface area contributed by atoms with E-state index in [0.717, 1.165) is 11.1 Å². The van der Waals surface area contributed by atoms with Crippen molar-refractivity contribution in [3.05, 3.63) is 99.1 Å². The molecule has 0 atom stereocenters. The van der Waals surface area contributed by atoms with Crippen LogP contribution in [-0.4, -0.2) is 4.92 Å². The summed E-state index contributed by atoms with van der Waals surface area (Å²) in [6.45, 7) is 4.49. The van der Waals surface area contributed by atoms with Crippen molar-refractivity contribution >= 4 is 28.1 Å². The molecule has 0 aromatic heterocycles. The monoisotopic (exact) mass is 399 g/mol. The van der Waals surface area contributed by atoms with Crippen molar-refractivity contribution in [2.45, 2.75) is 19.3 Å². The third-order valence-electron chi connectivity index (χ3n) is 6.00. The second-order valence-corrected chi connectivity index (χ2v) is 8.45. The summed E-state index contributed by atoms with van der Waals surface area (Å²) in [5.41, 5.74) is 6.17. The Hall–Kier alpha value is -3.17. The first-order valence-corrected chi connectivity index (χ1v) is 9.87. The minimum absolute atomic E-state index is 0.0217. The lowest BCUT2D eigenvalue weighted by Gasteiger charge is -2.23. The molecule has 29 heavy (non-hydrogen) atoms. The van der Waals surface area contributed by atoms with Crippen LogP contribution in [0.4, 0.5) is 5.69 Å². The van der Waals surface area contributed by atoms with E-state index in [0.29, 0.717) is 10.6 Å². The van der Waals surface area contributed by atoms with Crippen LogP contribution in [0.15, 0.2) is 72.8 Å². The fraction of sp³-hybridized carbons (Fsp3) is 0.120. The van der Waals surface area contributed by atoms with Crippen LogP contribution in [0.3, 0.4) is 0 Å². The number of halogens is 1. The maximum atomic E-state index is 11.6. The number of nitro benzene ring substituents is 1. The quantitative estimate of drug-likeness (QED) is 0.261. The summed E-state index contributed by atoms with van der Waals surface area (Å²) in [4.78, 5) is 11.2. The number of hydrogen-bond acceptors (Lipinski definition) is 2. The number of rotatable bonds is 2. The first-order valence-electron chi connectivity index (χ1n) is 9.49. The molecule has 0 saturated heterocycles. The predicted molar refractivity (Wildman–Crippen MR) is 119 cm³/mol. The molecular formula is C25H18ClNO2. The molecule has 4 aromatic rings. The Balaban J connectivity index is 1.78. The van der Waals surface area contributed by atoms with Gasteiger partial charge in [-0.3, -0.25) is 10.1 Å². The van der Waals surface area contributed by atoms with E-state index in [-0.39, 0.29) is 16.0 Å². The molecule has 3 nitrogen and oxygen atoms in total. The molecule has 4 aromatic carbocycles. The fourth-order valence-electron chi connectivity index (χ4n) is 4.68. The fourth-order valence-corrected chi connectivity index (χ4v) is 4.85. The van der Waals surface area contributed by atoms with Crippen LogP contribution in [0.25, 0.3) is 33.0 Å². The normalized spacial score (nSPS) is 13.9. The average Bonchev–Trinajstić information content (AvgIpc) is 2.95. The van der Waals surface area contributed by atoms with Crippen LogP contribution in [0.5, 0.6) is 0 Å². The molecule has 0 unspecified atom stereocenters. The number of fused-ring (bicyclic) bond motifs is 5. The van der Waals surface area contributed by atoms with Gasteiger partial charge in [0, 0.05) is 16.5 Å². The van der Waals surface area contributed by atoms with Crippen molar-refractivity contribution in [1.82, 2.24) is 0 Å². The van der Waals surface area contributed by atoms with E-state index < -0.39 is 0 Å². The molecule has 0 amide bonds. The van der Waals surface area contributed by atoms with Gasteiger partial charge in [-0.25, -0.2) is 0 Å². The number of benzene rings is 4. The Morgan fingerprint density at radius 3 is 2.41 bits per heavy atom. The van der Waals surface area contributed by atoms with Crippen LogP contribution in [0, 0.1) is 10.1 Å². The zero-order valence-corrected chi connectivity index (χ0v) is 16.8. The minimum Gasteiger partial charge on any atom is -0.258 e. The maximum Gasteiger partial charge on any atom is 0.278 e. The number of hydrogen-bond donors (Lipinski definition) is 0. The number of nitro groups is 1. The Bertz CT molecular complexity index is 1320. The van der Waals surface area contributed by atoms with Crippen LogP contribution in [0.1, 0.15) is 25.0 Å². The lowest BCUT2D eigenvalue weighted by molar-refractivity contribution is -0.384. The molecule has 142 valence electrons. The van der Waals surface area contributed by atoms with E-state index in [9.17, 15) is 10.1 Å². The van der Waals surface area contributed by atoms with Crippen molar-refractivity contribution in [1.29, 1.82) is 0 Å². The van der Waals surface area contributed by atoms with Gasteiger partial charge >= 0.3 is 0 Å². The summed E-state index contributed by atoms with van der Waals surface area (Å²) in [6, 6.07) is 23.8. The smallest absolute Gasteiger partial charge is 0.258 e. The highest BCUT2D eigenvalue weighted by atomic mass is 35.5. The number of nitrogens with zero attached hydrogens (tertiary/aromatic N) is 1. The predicted octanol–water partition coefficient (Wildman–Crippen LogP) is 7.37. The summed E-state index contributed by atoms with van der Waals surface area (Å²) < 4.78 is 0. The van der Waals surface area contributed by atoms with E-state index in [4.69, 9.17) is 11.6 Å². The molecule has 1 aliphatic carbocycles. The van der Waals surface area contributed by atoms with Gasteiger partial charge in [0.1, 0.15) is 0 Å². The van der Waals surface area contributed by atoms with Crippen molar-refractivity contribution in [3.8, 4) is 22.3 Å². The van der Waals surface area contributed by atoms with Gasteiger partial charge in [-0.05, 0) is 56.8 Å². The van der Waals surface area contributed by atoms with Crippen LogP contribution in [0.2, 0.25) is 5.02 Å². The minimum atomic E-state index is -0.375. The van der Waals surface area contributed by atoms with E-state index in [1.54, 1.807) is 12.1 Å². The van der Waals surface area contributed by atoms with Gasteiger partial charge in [0.2, 0.25) is 0 Å². The van der Waals surface area contributed by atoms with E-state index in [1.807, 2.05) is 6.07 Å². The largest absolute Gasteiger partial charge is 0.278 e. The van der Waals surface area contributed by atoms with Crippen molar-refractivity contribution < 1.29 is 4.92 Å². The molecule has 0 aliphatic heterocycles. The summed E-state index contributed by atoms with van der Waals surface area (Å²) in [5.74, 6) is 0.